The van der Waals surface area contributed by atoms with Gasteiger partial charge in [-0.15, -0.1) is 0 Å². The maximum atomic E-state index is 13.3. The number of nitrogen functional groups attached to an aromatic ring is 1. The third kappa shape index (κ3) is 3.59. The van der Waals surface area contributed by atoms with Gasteiger partial charge in [0, 0.05) is 68.6 Å². The molecule has 1 amide bonds. The van der Waals surface area contributed by atoms with Gasteiger partial charge in [0.2, 0.25) is 11.9 Å². The zero-order valence-corrected chi connectivity index (χ0v) is 16.3. The summed E-state index contributed by atoms with van der Waals surface area (Å²) < 4.78 is 5.39. The molecular weight excluding hydrogens is 360 g/mol. The molecule has 2 aliphatic heterocycles. The van der Waals surface area contributed by atoms with Crippen LogP contribution in [-0.4, -0.2) is 82.3 Å². The highest BCUT2D eigenvalue weighted by molar-refractivity contribution is 5.80. The van der Waals surface area contributed by atoms with E-state index in [0.29, 0.717) is 39.4 Å². The van der Waals surface area contributed by atoms with Crippen LogP contribution in [0, 0.1) is 23.7 Å². The van der Waals surface area contributed by atoms with Gasteiger partial charge in [-0.2, -0.15) is 0 Å². The number of anilines is 1. The molecule has 9 heteroatoms. The molecule has 5 N–H and O–H groups in total. The molecule has 3 heterocycles. The lowest BCUT2D eigenvalue weighted by molar-refractivity contribution is -0.149. The molecule has 0 aromatic carbocycles. The van der Waals surface area contributed by atoms with Crippen LogP contribution in [0.1, 0.15) is 12.5 Å². The summed E-state index contributed by atoms with van der Waals surface area (Å²) in [5.74, 6) is 0.266. The summed E-state index contributed by atoms with van der Waals surface area (Å²) >= 11 is 0. The Morgan fingerprint density at radius 3 is 2.57 bits per heavy atom. The molecule has 0 spiro atoms. The van der Waals surface area contributed by atoms with E-state index in [-0.39, 0.29) is 35.5 Å². The molecule has 4 rings (SSSR count). The van der Waals surface area contributed by atoms with Crippen LogP contribution in [-0.2, 0) is 16.1 Å². The van der Waals surface area contributed by atoms with E-state index in [0.717, 1.165) is 12.1 Å². The number of hydrogen-bond donors (Lipinski definition) is 3. The minimum Gasteiger partial charge on any atom is -0.391 e. The molecule has 1 aromatic rings. The molecule has 1 saturated carbocycles. The topological polar surface area (TPSA) is 131 Å². The molecule has 0 radical (unpaired) electrons. The molecule has 3 aliphatic rings. The maximum absolute atomic E-state index is 13.3. The maximum Gasteiger partial charge on any atom is 0.226 e. The van der Waals surface area contributed by atoms with Crippen molar-refractivity contribution in [2.75, 3.05) is 45.1 Å². The van der Waals surface area contributed by atoms with Crippen molar-refractivity contribution in [2.45, 2.75) is 25.6 Å². The fraction of sp³-hybridized carbons (Fsp3) is 0.737. The highest BCUT2D eigenvalue weighted by Gasteiger charge is 2.54. The lowest BCUT2D eigenvalue weighted by atomic mass is 9.64. The molecule has 9 nitrogen and oxygen atoms in total. The van der Waals surface area contributed by atoms with Gasteiger partial charge < -0.3 is 26.2 Å². The van der Waals surface area contributed by atoms with E-state index in [1.807, 2.05) is 11.8 Å². The summed E-state index contributed by atoms with van der Waals surface area (Å²) in [7, 11) is 0. The van der Waals surface area contributed by atoms with Crippen LogP contribution in [0.5, 0.6) is 0 Å². The summed E-state index contributed by atoms with van der Waals surface area (Å²) in [6.07, 6.45) is 2.86. The number of aliphatic hydroxyl groups excluding tert-OH is 1. The Balaban J connectivity index is 1.52. The Morgan fingerprint density at radius 2 is 1.89 bits per heavy atom. The zero-order chi connectivity index (χ0) is 19.8. The fourth-order valence-electron chi connectivity index (χ4n) is 5.14. The Morgan fingerprint density at radius 1 is 1.25 bits per heavy atom. The van der Waals surface area contributed by atoms with Gasteiger partial charge in [-0.3, -0.25) is 9.69 Å². The van der Waals surface area contributed by atoms with Gasteiger partial charge in [0.15, 0.2) is 0 Å². The number of ether oxygens (including phenoxy) is 1. The average Bonchev–Trinajstić information content (AvgIpc) is 3.12. The van der Waals surface area contributed by atoms with Crippen LogP contribution in [0.3, 0.4) is 0 Å². The molecular formula is C19H30N6O3. The minimum atomic E-state index is -0.596. The van der Waals surface area contributed by atoms with Crippen molar-refractivity contribution in [3.8, 4) is 0 Å². The molecule has 1 aromatic heterocycles. The Labute approximate surface area is 165 Å². The van der Waals surface area contributed by atoms with Gasteiger partial charge in [0.05, 0.1) is 19.3 Å². The van der Waals surface area contributed by atoms with E-state index in [1.54, 1.807) is 12.4 Å². The number of amides is 1. The lowest BCUT2D eigenvalue weighted by Crippen LogP contribution is -2.59. The summed E-state index contributed by atoms with van der Waals surface area (Å²) in [6.45, 7) is 6.56. The molecule has 3 fully saturated rings. The monoisotopic (exact) mass is 390 g/mol. The number of fused-ring (bicyclic) bond motifs is 1. The first-order valence-corrected chi connectivity index (χ1v) is 10.0. The second-order valence-electron chi connectivity index (χ2n) is 8.36. The van der Waals surface area contributed by atoms with Crippen LogP contribution >= 0.6 is 0 Å². The van der Waals surface area contributed by atoms with E-state index < -0.39 is 12.1 Å². The number of carbonyl (C=O) groups excluding carboxylic acids is 1. The van der Waals surface area contributed by atoms with Crippen molar-refractivity contribution in [3.63, 3.8) is 0 Å². The van der Waals surface area contributed by atoms with Gasteiger partial charge >= 0.3 is 0 Å². The summed E-state index contributed by atoms with van der Waals surface area (Å²) in [5.41, 5.74) is 12.9. The Bertz CT molecular complexity index is 695. The number of aromatic nitrogens is 2. The third-order valence-corrected chi connectivity index (χ3v) is 6.70. The van der Waals surface area contributed by atoms with Crippen LogP contribution in [0.25, 0.3) is 0 Å². The molecule has 6 atom stereocenters. The Kier molecular flexibility index (Phi) is 5.50. The van der Waals surface area contributed by atoms with Gasteiger partial charge in [0.1, 0.15) is 0 Å². The first-order chi connectivity index (χ1) is 13.5. The fourth-order valence-corrected chi connectivity index (χ4v) is 5.14. The zero-order valence-electron chi connectivity index (χ0n) is 16.3. The van der Waals surface area contributed by atoms with Crippen LogP contribution in [0.15, 0.2) is 12.4 Å². The number of rotatable bonds is 3. The van der Waals surface area contributed by atoms with Gasteiger partial charge in [-0.25, -0.2) is 9.97 Å². The second kappa shape index (κ2) is 7.90. The molecule has 1 aliphatic carbocycles. The summed E-state index contributed by atoms with van der Waals surface area (Å²) in [4.78, 5) is 25.6. The van der Waals surface area contributed by atoms with Crippen molar-refractivity contribution in [1.29, 1.82) is 0 Å². The molecule has 0 bridgehead atoms. The van der Waals surface area contributed by atoms with Crippen molar-refractivity contribution < 1.29 is 14.6 Å². The highest BCUT2D eigenvalue weighted by atomic mass is 16.5. The van der Waals surface area contributed by atoms with E-state index >= 15 is 0 Å². The number of morpholine rings is 1. The largest absolute Gasteiger partial charge is 0.391 e. The van der Waals surface area contributed by atoms with Gasteiger partial charge in [0.25, 0.3) is 0 Å². The van der Waals surface area contributed by atoms with Crippen LogP contribution in [0.4, 0.5) is 5.95 Å². The summed E-state index contributed by atoms with van der Waals surface area (Å²) in [5, 5.41) is 10.8. The molecule has 0 unspecified atom stereocenters. The number of aliphatic hydroxyl groups is 1. The highest BCUT2D eigenvalue weighted by Crippen LogP contribution is 2.44. The minimum absolute atomic E-state index is 0.00380. The number of likely N-dealkylation sites (tertiary alicyclic amines) is 1. The van der Waals surface area contributed by atoms with E-state index in [4.69, 9.17) is 16.2 Å². The van der Waals surface area contributed by atoms with Crippen molar-refractivity contribution >= 4 is 11.9 Å². The van der Waals surface area contributed by atoms with Crippen LogP contribution in [0.2, 0.25) is 0 Å². The normalized spacial score (nSPS) is 36.3. The number of nitrogens with zero attached hydrogens (tertiary/aromatic N) is 4. The molecule has 28 heavy (non-hydrogen) atoms. The quantitative estimate of drug-likeness (QED) is 0.594. The van der Waals surface area contributed by atoms with Crippen molar-refractivity contribution in [1.82, 2.24) is 19.8 Å². The van der Waals surface area contributed by atoms with Crippen molar-refractivity contribution in [2.24, 2.45) is 29.4 Å². The smallest absolute Gasteiger partial charge is 0.226 e. The molecule has 154 valence electrons. The standard InChI is InChI=1S/C19H30N6O3/c1-11-15(18(27)25-2-4-28-5-3-25)13-9-24(10-14(13)17(26)16(11)20)8-12-6-22-19(21)23-7-12/h6-7,11,13-17,26H,2-5,8-10,20H2,1H3,(H2,21,22,23)/t11-,13+,14+,15+,16+,17+/m1/s1. The number of carbonyl (C=O) groups is 1. The predicted molar refractivity (Wildman–Crippen MR) is 103 cm³/mol. The van der Waals surface area contributed by atoms with E-state index in [9.17, 15) is 9.90 Å². The van der Waals surface area contributed by atoms with Crippen LogP contribution < -0.4 is 11.5 Å². The second-order valence-corrected chi connectivity index (χ2v) is 8.36. The first-order valence-electron chi connectivity index (χ1n) is 10.0. The molecule has 2 saturated heterocycles. The van der Waals surface area contributed by atoms with Gasteiger partial charge in [-0.1, -0.05) is 6.92 Å². The summed E-state index contributed by atoms with van der Waals surface area (Å²) in [6, 6.07) is -0.393. The Hall–Kier alpha value is -1.81. The van der Waals surface area contributed by atoms with E-state index in [1.165, 1.54) is 0 Å². The van der Waals surface area contributed by atoms with Gasteiger partial charge in [-0.05, 0) is 11.8 Å². The average molecular weight is 390 g/mol. The van der Waals surface area contributed by atoms with E-state index in [2.05, 4.69) is 14.9 Å². The number of nitrogens with two attached hydrogens (primary N) is 2. The lowest BCUT2D eigenvalue weighted by Gasteiger charge is -2.46. The number of hydrogen-bond acceptors (Lipinski definition) is 8. The third-order valence-electron chi connectivity index (χ3n) is 6.70. The first kappa shape index (κ1) is 19.5. The van der Waals surface area contributed by atoms with Crippen molar-refractivity contribution in [3.05, 3.63) is 18.0 Å². The predicted octanol–water partition coefficient (Wildman–Crippen LogP) is -1.08. The SMILES string of the molecule is C[C@H]1[C@H](N)[C@@H](O)[C@H]2CN(Cc3cnc(N)nc3)C[C@@H]2[C@H]1C(=O)N1CCOCC1.